The molecule has 0 atom stereocenters. The standard InChI is InChI=1S/C12H21N5/c1-13-5-4-6-14-11-9-12(16-10-15-11)17-7-2-3-8-17/h9-10,13H,2-8H2,1H3,(H,14,15,16). The zero-order chi connectivity index (χ0) is 11.9. The van der Waals surface area contributed by atoms with Crippen molar-refractivity contribution in [2.24, 2.45) is 0 Å². The van der Waals surface area contributed by atoms with Gasteiger partial charge in [-0.05, 0) is 32.9 Å². The Morgan fingerprint density at radius 3 is 2.82 bits per heavy atom. The van der Waals surface area contributed by atoms with Gasteiger partial charge in [0.1, 0.15) is 18.0 Å². The predicted molar refractivity (Wildman–Crippen MR) is 70.5 cm³/mol. The van der Waals surface area contributed by atoms with Crippen molar-refractivity contribution in [3.8, 4) is 0 Å². The van der Waals surface area contributed by atoms with Crippen molar-refractivity contribution in [3.05, 3.63) is 12.4 Å². The van der Waals surface area contributed by atoms with Crippen LogP contribution >= 0.6 is 0 Å². The Balaban J connectivity index is 1.87. The van der Waals surface area contributed by atoms with Gasteiger partial charge in [0.05, 0.1) is 0 Å². The smallest absolute Gasteiger partial charge is 0.134 e. The summed E-state index contributed by atoms with van der Waals surface area (Å²) in [4.78, 5) is 10.9. The summed E-state index contributed by atoms with van der Waals surface area (Å²) in [5.74, 6) is 1.98. The van der Waals surface area contributed by atoms with Crippen molar-refractivity contribution in [3.63, 3.8) is 0 Å². The third-order valence-electron chi connectivity index (χ3n) is 2.99. The minimum atomic E-state index is 0.929. The molecule has 1 aliphatic rings. The van der Waals surface area contributed by atoms with E-state index in [0.29, 0.717) is 0 Å². The summed E-state index contributed by atoms with van der Waals surface area (Å²) in [5.41, 5.74) is 0. The molecular formula is C12H21N5. The molecule has 0 amide bonds. The quantitative estimate of drug-likeness (QED) is 0.723. The van der Waals surface area contributed by atoms with Crippen molar-refractivity contribution in [2.75, 3.05) is 43.4 Å². The highest BCUT2D eigenvalue weighted by Crippen LogP contribution is 2.18. The first-order valence-corrected chi connectivity index (χ1v) is 6.35. The van der Waals surface area contributed by atoms with Gasteiger partial charge < -0.3 is 15.5 Å². The Bertz CT molecular complexity index is 335. The molecule has 2 heterocycles. The number of aromatic nitrogens is 2. The minimum Gasteiger partial charge on any atom is -0.370 e. The lowest BCUT2D eigenvalue weighted by Gasteiger charge is -2.16. The molecule has 17 heavy (non-hydrogen) atoms. The van der Waals surface area contributed by atoms with Gasteiger partial charge >= 0.3 is 0 Å². The first-order valence-electron chi connectivity index (χ1n) is 6.35. The zero-order valence-electron chi connectivity index (χ0n) is 10.4. The molecule has 1 saturated heterocycles. The van der Waals surface area contributed by atoms with Crippen LogP contribution in [-0.2, 0) is 0 Å². The van der Waals surface area contributed by atoms with Crippen LogP contribution in [0.25, 0.3) is 0 Å². The van der Waals surface area contributed by atoms with E-state index in [2.05, 4.69) is 25.5 Å². The summed E-state index contributed by atoms with van der Waals surface area (Å²) in [6.07, 6.45) is 5.29. The van der Waals surface area contributed by atoms with E-state index < -0.39 is 0 Å². The Kier molecular flexibility index (Phi) is 4.55. The maximum atomic E-state index is 4.33. The molecule has 0 unspecified atom stereocenters. The molecule has 94 valence electrons. The molecule has 0 saturated carbocycles. The molecule has 0 spiro atoms. The van der Waals surface area contributed by atoms with Gasteiger partial charge in [-0.15, -0.1) is 0 Å². The molecule has 1 aromatic rings. The van der Waals surface area contributed by atoms with Crippen LogP contribution < -0.4 is 15.5 Å². The van der Waals surface area contributed by atoms with E-state index in [1.54, 1.807) is 6.33 Å². The van der Waals surface area contributed by atoms with Gasteiger partial charge in [0, 0.05) is 25.7 Å². The average Bonchev–Trinajstić information content (AvgIpc) is 2.89. The predicted octanol–water partition coefficient (Wildman–Crippen LogP) is 1.10. The molecule has 2 N–H and O–H groups in total. The second-order valence-electron chi connectivity index (χ2n) is 4.34. The van der Waals surface area contributed by atoms with Crippen LogP contribution in [0.5, 0.6) is 0 Å². The first-order chi connectivity index (χ1) is 8.40. The van der Waals surface area contributed by atoms with E-state index in [9.17, 15) is 0 Å². The fourth-order valence-electron chi connectivity index (χ4n) is 2.04. The van der Waals surface area contributed by atoms with Gasteiger partial charge in [-0.1, -0.05) is 0 Å². The Morgan fingerprint density at radius 1 is 1.24 bits per heavy atom. The van der Waals surface area contributed by atoms with Gasteiger partial charge in [-0.2, -0.15) is 0 Å². The van der Waals surface area contributed by atoms with Gasteiger partial charge in [0.25, 0.3) is 0 Å². The molecule has 0 aromatic carbocycles. The number of nitrogens with one attached hydrogen (secondary N) is 2. The van der Waals surface area contributed by atoms with Crippen LogP contribution in [0.15, 0.2) is 12.4 Å². The maximum absolute atomic E-state index is 4.33. The molecule has 1 fully saturated rings. The molecule has 0 bridgehead atoms. The summed E-state index contributed by atoms with van der Waals surface area (Å²) in [7, 11) is 1.97. The third kappa shape index (κ3) is 3.56. The molecular weight excluding hydrogens is 214 g/mol. The highest BCUT2D eigenvalue weighted by Gasteiger charge is 2.13. The monoisotopic (exact) mass is 235 g/mol. The summed E-state index contributed by atoms with van der Waals surface area (Å²) in [6.45, 7) is 4.21. The van der Waals surface area contributed by atoms with E-state index >= 15 is 0 Å². The van der Waals surface area contributed by atoms with Crippen molar-refractivity contribution in [2.45, 2.75) is 19.3 Å². The van der Waals surface area contributed by atoms with Crippen LogP contribution in [0, 0.1) is 0 Å². The second-order valence-corrected chi connectivity index (χ2v) is 4.34. The molecule has 5 heteroatoms. The number of rotatable bonds is 6. The maximum Gasteiger partial charge on any atom is 0.134 e. The van der Waals surface area contributed by atoms with E-state index in [1.807, 2.05) is 13.1 Å². The van der Waals surface area contributed by atoms with Gasteiger partial charge in [-0.3, -0.25) is 0 Å². The molecule has 1 aromatic heterocycles. The number of hydrogen-bond donors (Lipinski definition) is 2. The van der Waals surface area contributed by atoms with Crippen molar-refractivity contribution in [1.82, 2.24) is 15.3 Å². The molecule has 1 aliphatic heterocycles. The first kappa shape index (κ1) is 12.1. The fraction of sp³-hybridized carbons (Fsp3) is 0.667. The van der Waals surface area contributed by atoms with Crippen molar-refractivity contribution < 1.29 is 0 Å². The van der Waals surface area contributed by atoms with Crippen molar-refractivity contribution >= 4 is 11.6 Å². The van der Waals surface area contributed by atoms with Crippen LogP contribution in [0.4, 0.5) is 11.6 Å². The van der Waals surface area contributed by atoms with Gasteiger partial charge in [0.15, 0.2) is 0 Å². The Morgan fingerprint density at radius 2 is 2.06 bits per heavy atom. The summed E-state index contributed by atoms with van der Waals surface area (Å²) in [6, 6.07) is 2.05. The van der Waals surface area contributed by atoms with Gasteiger partial charge in [-0.25, -0.2) is 9.97 Å². The molecule has 5 nitrogen and oxygen atoms in total. The van der Waals surface area contributed by atoms with E-state index in [0.717, 1.165) is 44.2 Å². The van der Waals surface area contributed by atoms with Crippen LogP contribution in [0.1, 0.15) is 19.3 Å². The molecule has 0 radical (unpaired) electrons. The van der Waals surface area contributed by atoms with Crippen LogP contribution in [-0.4, -0.2) is 43.2 Å². The summed E-state index contributed by atoms with van der Waals surface area (Å²) < 4.78 is 0. The largest absolute Gasteiger partial charge is 0.370 e. The fourth-order valence-corrected chi connectivity index (χ4v) is 2.04. The summed E-state index contributed by atoms with van der Waals surface area (Å²) >= 11 is 0. The zero-order valence-corrected chi connectivity index (χ0v) is 10.4. The minimum absolute atomic E-state index is 0.929. The van der Waals surface area contributed by atoms with Gasteiger partial charge in [0.2, 0.25) is 0 Å². The van der Waals surface area contributed by atoms with E-state index in [1.165, 1.54) is 12.8 Å². The lowest BCUT2D eigenvalue weighted by Crippen LogP contribution is -2.19. The Hall–Kier alpha value is -1.36. The average molecular weight is 235 g/mol. The molecule has 2 rings (SSSR count). The number of nitrogens with zero attached hydrogens (tertiary/aromatic N) is 3. The highest BCUT2D eigenvalue weighted by molar-refractivity contribution is 5.48. The van der Waals surface area contributed by atoms with Crippen molar-refractivity contribution in [1.29, 1.82) is 0 Å². The van der Waals surface area contributed by atoms with Crippen LogP contribution in [0.2, 0.25) is 0 Å². The van der Waals surface area contributed by atoms with E-state index in [4.69, 9.17) is 0 Å². The lowest BCUT2D eigenvalue weighted by atomic mass is 10.4. The topological polar surface area (TPSA) is 53.1 Å². The van der Waals surface area contributed by atoms with Crippen LogP contribution in [0.3, 0.4) is 0 Å². The number of anilines is 2. The lowest BCUT2D eigenvalue weighted by molar-refractivity contribution is 0.746. The number of hydrogen-bond acceptors (Lipinski definition) is 5. The highest BCUT2D eigenvalue weighted by atomic mass is 15.2. The third-order valence-corrected chi connectivity index (χ3v) is 2.99. The SMILES string of the molecule is CNCCCNc1cc(N2CCCC2)ncn1. The second kappa shape index (κ2) is 6.39. The van der Waals surface area contributed by atoms with E-state index in [-0.39, 0.29) is 0 Å². The Labute approximate surface area is 103 Å². The summed E-state index contributed by atoms with van der Waals surface area (Å²) in [5, 5.41) is 6.45. The molecule has 0 aliphatic carbocycles. The normalized spacial score (nSPS) is 15.2.